The zero-order valence-corrected chi connectivity index (χ0v) is 9.65. The van der Waals surface area contributed by atoms with Gasteiger partial charge in [-0.2, -0.15) is 5.26 Å². The number of nitrogen functional groups attached to an aromatic ring is 1. The smallest absolute Gasteiger partial charge is 0.143 e. The van der Waals surface area contributed by atoms with Crippen LogP contribution in [0.5, 0.6) is 0 Å². The van der Waals surface area contributed by atoms with Gasteiger partial charge in [-0.1, -0.05) is 18.2 Å². The summed E-state index contributed by atoms with van der Waals surface area (Å²) < 4.78 is 13.4. The maximum absolute atomic E-state index is 13.4. The summed E-state index contributed by atoms with van der Waals surface area (Å²) in [5.41, 5.74) is 7.82. The van der Waals surface area contributed by atoms with Crippen LogP contribution in [0.3, 0.4) is 0 Å². The van der Waals surface area contributed by atoms with Gasteiger partial charge in [-0.25, -0.2) is 4.39 Å². The Morgan fingerprint density at radius 3 is 2.56 bits per heavy atom. The van der Waals surface area contributed by atoms with Gasteiger partial charge in [0.2, 0.25) is 0 Å². The van der Waals surface area contributed by atoms with Gasteiger partial charge in [0.25, 0.3) is 0 Å². The lowest BCUT2D eigenvalue weighted by Gasteiger charge is -2.08. The zero-order valence-electron chi connectivity index (χ0n) is 9.65. The molecule has 0 bridgehead atoms. The third-order valence-electron chi connectivity index (χ3n) is 2.59. The summed E-state index contributed by atoms with van der Waals surface area (Å²) in [7, 11) is 0. The number of rotatable bonds is 3. The van der Waals surface area contributed by atoms with E-state index >= 15 is 0 Å². The van der Waals surface area contributed by atoms with Crippen LogP contribution in [-0.4, -0.2) is 0 Å². The monoisotopic (exact) mass is 241 g/mol. The first kappa shape index (κ1) is 11.9. The Labute approximate surface area is 105 Å². The maximum atomic E-state index is 13.4. The van der Waals surface area contributed by atoms with E-state index in [1.807, 2.05) is 18.2 Å². The molecule has 4 heteroatoms. The second-order valence-electron chi connectivity index (χ2n) is 3.87. The largest absolute Gasteiger partial charge is 0.399 e. The van der Waals surface area contributed by atoms with E-state index in [9.17, 15) is 4.39 Å². The Balaban J connectivity index is 2.14. The molecule has 0 saturated carbocycles. The van der Waals surface area contributed by atoms with E-state index in [4.69, 9.17) is 11.0 Å². The van der Waals surface area contributed by atoms with Crippen LogP contribution in [0, 0.1) is 17.1 Å². The highest BCUT2D eigenvalue weighted by molar-refractivity contribution is 5.58. The lowest BCUT2D eigenvalue weighted by Crippen LogP contribution is -2.02. The minimum Gasteiger partial charge on any atom is -0.399 e. The summed E-state index contributed by atoms with van der Waals surface area (Å²) in [5, 5.41) is 11.9. The molecule has 90 valence electrons. The van der Waals surface area contributed by atoms with E-state index in [0.717, 1.165) is 5.56 Å². The molecule has 0 aliphatic heterocycles. The molecule has 3 N–H and O–H groups in total. The molecule has 0 heterocycles. The SMILES string of the molecule is N#Cc1c(F)cccc1NCc1ccc(N)cc1. The zero-order chi connectivity index (χ0) is 13.0. The molecule has 0 fully saturated rings. The maximum Gasteiger partial charge on any atom is 0.143 e. The molecule has 0 saturated heterocycles. The number of nitrogens with zero attached hydrogens (tertiary/aromatic N) is 1. The highest BCUT2D eigenvalue weighted by atomic mass is 19.1. The first-order valence-corrected chi connectivity index (χ1v) is 5.47. The summed E-state index contributed by atoms with van der Waals surface area (Å²) in [4.78, 5) is 0. The predicted molar refractivity (Wildman–Crippen MR) is 69.3 cm³/mol. The van der Waals surface area contributed by atoms with Crippen molar-refractivity contribution < 1.29 is 4.39 Å². The third-order valence-corrected chi connectivity index (χ3v) is 2.59. The van der Waals surface area contributed by atoms with Gasteiger partial charge >= 0.3 is 0 Å². The molecule has 0 aliphatic rings. The average Bonchev–Trinajstić information content (AvgIpc) is 2.38. The molecule has 2 aromatic carbocycles. The van der Waals surface area contributed by atoms with Crippen LogP contribution in [0.15, 0.2) is 42.5 Å². The van der Waals surface area contributed by atoms with Gasteiger partial charge in [-0.15, -0.1) is 0 Å². The molecular weight excluding hydrogens is 229 g/mol. The number of nitriles is 1. The number of nitrogens with two attached hydrogens (primary N) is 1. The molecule has 0 spiro atoms. The topological polar surface area (TPSA) is 61.8 Å². The normalized spacial score (nSPS) is 9.78. The second-order valence-corrected chi connectivity index (χ2v) is 3.87. The van der Waals surface area contributed by atoms with Crippen LogP contribution < -0.4 is 11.1 Å². The average molecular weight is 241 g/mol. The summed E-state index contributed by atoms with van der Waals surface area (Å²) in [5.74, 6) is -0.514. The number of anilines is 2. The fraction of sp³-hybridized carbons (Fsp3) is 0.0714. The molecule has 2 aromatic rings. The first-order chi connectivity index (χ1) is 8.70. The van der Waals surface area contributed by atoms with Gasteiger partial charge in [0.1, 0.15) is 17.4 Å². The molecule has 0 aliphatic carbocycles. The third kappa shape index (κ3) is 2.58. The standard InChI is InChI=1S/C14H12FN3/c15-13-2-1-3-14(12(13)8-16)18-9-10-4-6-11(17)7-5-10/h1-7,18H,9,17H2. The van der Waals surface area contributed by atoms with E-state index in [1.165, 1.54) is 6.07 Å². The summed E-state index contributed by atoms with van der Waals surface area (Å²) in [6.45, 7) is 0.512. The van der Waals surface area contributed by atoms with E-state index in [0.29, 0.717) is 17.9 Å². The van der Waals surface area contributed by atoms with Crippen molar-refractivity contribution in [3.63, 3.8) is 0 Å². The van der Waals surface area contributed by atoms with Crippen molar-refractivity contribution in [1.82, 2.24) is 0 Å². The van der Waals surface area contributed by atoms with Crippen molar-refractivity contribution in [3.8, 4) is 6.07 Å². The molecule has 18 heavy (non-hydrogen) atoms. The minimum atomic E-state index is -0.514. The molecule has 0 unspecified atom stereocenters. The number of halogens is 1. The summed E-state index contributed by atoms with van der Waals surface area (Å²) in [6, 6.07) is 13.7. The van der Waals surface area contributed by atoms with Crippen LogP contribution in [0.1, 0.15) is 11.1 Å². The van der Waals surface area contributed by atoms with Crippen LogP contribution in [0.4, 0.5) is 15.8 Å². The van der Waals surface area contributed by atoms with Gasteiger partial charge < -0.3 is 11.1 Å². The molecule has 0 atom stereocenters. The van der Waals surface area contributed by atoms with Crippen molar-refractivity contribution >= 4 is 11.4 Å². The van der Waals surface area contributed by atoms with Crippen LogP contribution in [0.2, 0.25) is 0 Å². The summed E-state index contributed by atoms with van der Waals surface area (Å²) >= 11 is 0. The Morgan fingerprint density at radius 2 is 1.89 bits per heavy atom. The number of hydrogen-bond donors (Lipinski definition) is 2. The van der Waals surface area contributed by atoms with Crippen molar-refractivity contribution in [2.24, 2.45) is 0 Å². The minimum absolute atomic E-state index is 0.0351. The van der Waals surface area contributed by atoms with Crippen LogP contribution in [0.25, 0.3) is 0 Å². The lowest BCUT2D eigenvalue weighted by atomic mass is 10.1. The number of benzene rings is 2. The highest BCUT2D eigenvalue weighted by Crippen LogP contribution is 2.18. The van der Waals surface area contributed by atoms with E-state index in [2.05, 4.69) is 5.32 Å². The van der Waals surface area contributed by atoms with Crippen molar-refractivity contribution in [2.75, 3.05) is 11.1 Å². The van der Waals surface area contributed by atoms with Crippen LogP contribution in [-0.2, 0) is 6.54 Å². The van der Waals surface area contributed by atoms with Crippen LogP contribution >= 0.6 is 0 Å². The van der Waals surface area contributed by atoms with E-state index in [-0.39, 0.29) is 5.56 Å². The summed E-state index contributed by atoms with van der Waals surface area (Å²) in [6.07, 6.45) is 0. The van der Waals surface area contributed by atoms with E-state index < -0.39 is 5.82 Å². The van der Waals surface area contributed by atoms with E-state index in [1.54, 1.807) is 24.3 Å². The van der Waals surface area contributed by atoms with Gasteiger partial charge in [0.15, 0.2) is 0 Å². The molecule has 0 amide bonds. The highest BCUT2D eigenvalue weighted by Gasteiger charge is 2.06. The van der Waals surface area contributed by atoms with Crippen molar-refractivity contribution in [1.29, 1.82) is 5.26 Å². The first-order valence-electron chi connectivity index (χ1n) is 5.47. The fourth-order valence-electron chi connectivity index (χ4n) is 1.62. The predicted octanol–water partition coefficient (Wildman–Crippen LogP) is 2.89. The quantitative estimate of drug-likeness (QED) is 0.812. The van der Waals surface area contributed by atoms with Crippen molar-refractivity contribution in [3.05, 3.63) is 59.4 Å². The second kappa shape index (κ2) is 5.19. The molecule has 0 radical (unpaired) electrons. The van der Waals surface area contributed by atoms with Gasteiger partial charge in [-0.3, -0.25) is 0 Å². The van der Waals surface area contributed by atoms with Gasteiger partial charge in [0, 0.05) is 12.2 Å². The van der Waals surface area contributed by atoms with Gasteiger partial charge in [-0.05, 0) is 29.8 Å². The Hall–Kier alpha value is -2.54. The molecule has 2 rings (SSSR count). The molecule has 0 aromatic heterocycles. The Kier molecular flexibility index (Phi) is 3.44. The Bertz CT molecular complexity index is 585. The molecular formula is C14H12FN3. The lowest BCUT2D eigenvalue weighted by molar-refractivity contribution is 0.624. The Morgan fingerprint density at radius 1 is 1.17 bits per heavy atom. The molecule has 3 nitrogen and oxygen atoms in total. The van der Waals surface area contributed by atoms with Crippen molar-refractivity contribution in [2.45, 2.75) is 6.54 Å². The number of nitrogens with one attached hydrogen (secondary N) is 1. The fourth-order valence-corrected chi connectivity index (χ4v) is 1.62. The number of hydrogen-bond acceptors (Lipinski definition) is 3. The van der Waals surface area contributed by atoms with Gasteiger partial charge in [0.05, 0.1) is 5.69 Å².